The van der Waals surface area contributed by atoms with Gasteiger partial charge in [-0.2, -0.15) is 0 Å². The molecule has 1 heterocycles. The van der Waals surface area contributed by atoms with Crippen LogP contribution in [0.15, 0.2) is 53.4 Å². The highest BCUT2D eigenvalue weighted by atomic mass is 32.2. The van der Waals surface area contributed by atoms with Gasteiger partial charge >= 0.3 is 0 Å². The van der Waals surface area contributed by atoms with E-state index in [2.05, 4.69) is 4.72 Å². The third kappa shape index (κ3) is 3.89. The van der Waals surface area contributed by atoms with Gasteiger partial charge in [-0.15, -0.1) is 0 Å². The summed E-state index contributed by atoms with van der Waals surface area (Å²) in [4.78, 5) is 12.1. The first-order chi connectivity index (χ1) is 13.2. The van der Waals surface area contributed by atoms with Crippen LogP contribution in [0, 0.1) is 5.92 Å². The molecule has 2 aromatic carbocycles. The van der Waals surface area contributed by atoms with Gasteiger partial charge in [0.25, 0.3) is 0 Å². The molecule has 0 radical (unpaired) electrons. The van der Waals surface area contributed by atoms with Crippen LogP contribution < -0.4 is 13.8 Å². The van der Waals surface area contributed by atoms with Crippen molar-refractivity contribution >= 4 is 31.6 Å². The number of benzene rings is 2. The van der Waals surface area contributed by atoms with Crippen LogP contribution in [0.1, 0.15) is 12.5 Å². The Labute approximate surface area is 164 Å². The molecule has 0 unspecified atom stereocenters. The second-order valence-corrected chi connectivity index (χ2v) is 10.0. The minimum atomic E-state index is -4.03. The molecule has 8 nitrogen and oxygen atoms in total. The molecule has 1 atom stereocenters. The van der Waals surface area contributed by atoms with Gasteiger partial charge in [0.2, 0.25) is 26.0 Å². The van der Waals surface area contributed by atoms with Gasteiger partial charge in [-0.1, -0.05) is 37.3 Å². The molecule has 10 heteroatoms. The van der Waals surface area contributed by atoms with E-state index >= 15 is 0 Å². The SMILES string of the molecule is COc1ccc(N2C(=O)[C@@H](C)CS2(=O)=O)cc1S(=O)(=O)NCc1ccccc1. The quantitative estimate of drug-likeness (QED) is 0.752. The van der Waals surface area contributed by atoms with E-state index in [0.717, 1.165) is 11.6 Å². The Bertz CT molecular complexity index is 1100. The van der Waals surface area contributed by atoms with Crippen LogP contribution in [0.3, 0.4) is 0 Å². The third-order valence-electron chi connectivity index (χ3n) is 4.34. The van der Waals surface area contributed by atoms with Crippen molar-refractivity contribution in [3.05, 3.63) is 54.1 Å². The van der Waals surface area contributed by atoms with Crippen molar-refractivity contribution in [2.45, 2.75) is 18.4 Å². The van der Waals surface area contributed by atoms with Gasteiger partial charge in [-0.05, 0) is 23.8 Å². The molecule has 0 saturated carbocycles. The van der Waals surface area contributed by atoms with Crippen LogP contribution in [0.25, 0.3) is 0 Å². The molecular formula is C18H20N2O6S2. The van der Waals surface area contributed by atoms with Gasteiger partial charge in [-0.25, -0.2) is 25.9 Å². The topological polar surface area (TPSA) is 110 Å². The number of carbonyl (C=O) groups is 1. The largest absolute Gasteiger partial charge is 0.495 e. The molecule has 150 valence electrons. The first-order valence-corrected chi connectivity index (χ1v) is 11.5. The Balaban J connectivity index is 1.98. The fraction of sp³-hybridized carbons (Fsp3) is 0.278. The van der Waals surface area contributed by atoms with Crippen molar-refractivity contribution in [1.82, 2.24) is 4.72 Å². The van der Waals surface area contributed by atoms with Crippen molar-refractivity contribution in [1.29, 1.82) is 0 Å². The monoisotopic (exact) mass is 424 g/mol. The number of amides is 1. The van der Waals surface area contributed by atoms with E-state index in [4.69, 9.17) is 4.74 Å². The molecule has 1 aliphatic heterocycles. The van der Waals surface area contributed by atoms with E-state index in [0.29, 0.717) is 4.31 Å². The number of ether oxygens (including phenoxy) is 1. The molecule has 0 spiro atoms. The minimum absolute atomic E-state index is 0.0322. The van der Waals surface area contributed by atoms with E-state index in [-0.39, 0.29) is 28.6 Å². The molecular weight excluding hydrogens is 404 g/mol. The molecule has 0 aromatic heterocycles. The van der Waals surface area contributed by atoms with Gasteiger partial charge in [-0.3, -0.25) is 4.79 Å². The summed E-state index contributed by atoms with van der Waals surface area (Å²) >= 11 is 0. The lowest BCUT2D eigenvalue weighted by molar-refractivity contribution is -0.119. The first-order valence-electron chi connectivity index (χ1n) is 8.44. The highest BCUT2D eigenvalue weighted by Crippen LogP contribution is 2.33. The van der Waals surface area contributed by atoms with Crippen LogP contribution in [0.2, 0.25) is 0 Å². The Hall–Kier alpha value is -2.43. The van der Waals surface area contributed by atoms with Crippen LogP contribution in [-0.2, 0) is 31.4 Å². The zero-order valence-corrected chi connectivity index (χ0v) is 17.0. The standard InChI is InChI=1S/C18H20N2O6S2/c1-13-12-27(22,23)20(18(13)21)15-8-9-16(26-2)17(10-15)28(24,25)19-11-14-6-4-3-5-7-14/h3-10,13,19H,11-12H2,1-2H3/t13-/m0/s1. The summed E-state index contributed by atoms with van der Waals surface area (Å²) in [6.07, 6.45) is 0. The van der Waals surface area contributed by atoms with Crippen molar-refractivity contribution in [2.75, 3.05) is 17.2 Å². The van der Waals surface area contributed by atoms with E-state index < -0.39 is 31.9 Å². The Kier molecular flexibility index (Phi) is 5.46. The highest BCUT2D eigenvalue weighted by molar-refractivity contribution is 7.94. The molecule has 0 bridgehead atoms. The van der Waals surface area contributed by atoms with Crippen LogP contribution in [0.5, 0.6) is 5.75 Å². The van der Waals surface area contributed by atoms with Crippen molar-refractivity contribution in [3.63, 3.8) is 0 Å². The fourth-order valence-corrected chi connectivity index (χ4v) is 5.96. The number of anilines is 1. The number of nitrogens with zero attached hydrogens (tertiary/aromatic N) is 1. The normalized spacial score (nSPS) is 19.0. The Morgan fingerprint density at radius 2 is 1.86 bits per heavy atom. The number of sulfonamides is 2. The number of nitrogens with one attached hydrogen (secondary N) is 1. The average Bonchev–Trinajstić information content (AvgIpc) is 2.87. The summed E-state index contributed by atoms with van der Waals surface area (Å²) in [7, 11) is -6.57. The van der Waals surface area contributed by atoms with Crippen molar-refractivity contribution in [3.8, 4) is 5.75 Å². The van der Waals surface area contributed by atoms with Gasteiger partial charge in [0.05, 0.1) is 24.5 Å². The predicted octanol–water partition coefficient (Wildman–Crippen LogP) is 1.49. The maximum Gasteiger partial charge on any atom is 0.244 e. The molecule has 1 amide bonds. The zero-order chi connectivity index (χ0) is 20.5. The summed E-state index contributed by atoms with van der Waals surface area (Å²) in [6.45, 7) is 1.57. The van der Waals surface area contributed by atoms with E-state index in [1.54, 1.807) is 24.3 Å². The molecule has 28 heavy (non-hydrogen) atoms. The molecule has 1 aliphatic rings. The summed E-state index contributed by atoms with van der Waals surface area (Å²) in [5.41, 5.74) is 0.725. The second kappa shape index (κ2) is 7.53. The number of hydrogen-bond donors (Lipinski definition) is 1. The molecule has 1 N–H and O–H groups in total. The van der Waals surface area contributed by atoms with Gasteiger partial charge in [0, 0.05) is 6.54 Å². The smallest absolute Gasteiger partial charge is 0.244 e. The van der Waals surface area contributed by atoms with Crippen molar-refractivity contribution in [2.24, 2.45) is 5.92 Å². The zero-order valence-electron chi connectivity index (χ0n) is 15.3. The number of hydrogen-bond acceptors (Lipinski definition) is 6. The molecule has 1 fully saturated rings. The summed E-state index contributed by atoms with van der Waals surface area (Å²) < 4.78 is 58.5. The van der Waals surface area contributed by atoms with Crippen LogP contribution in [-0.4, -0.2) is 35.6 Å². The van der Waals surface area contributed by atoms with Crippen LogP contribution in [0.4, 0.5) is 5.69 Å². The van der Waals surface area contributed by atoms with E-state index in [9.17, 15) is 21.6 Å². The molecule has 0 aliphatic carbocycles. The second-order valence-electron chi connectivity index (χ2n) is 6.43. The number of carbonyl (C=O) groups excluding carboxylic acids is 1. The van der Waals surface area contributed by atoms with E-state index in [1.807, 2.05) is 6.07 Å². The third-order valence-corrected chi connectivity index (χ3v) is 7.63. The number of methoxy groups -OCH3 is 1. The average molecular weight is 425 g/mol. The maximum atomic E-state index is 12.8. The van der Waals surface area contributed by atoms with E-state index in [1.165, 1.54) is 26.2 Å². The highest BCUT2D eigenvalue weighted by Gasteiger charge is 2.42. The minimum Gasteiger partial charge on any atom is -0.495 e. The lowest BCUT2D eigenvalue weighted by Crippen LogP contribution is -2.31. The summed E-state index contributed by atoms with van der Waals surface area (Å²) in [5, 5.41) is 0. The van der Waals surface area contributed by atoms with Crippen molar-refractivity contribution < 1.29 is 26.4 Å². The Morgan fingerprint density at radius 3 is 2.43 bits per heavy atom. The van der Waals surface area contributed by atoms with Gasteiger partial charge in [0.1, 0.15) is 10.6 Å². The predicted molar refractivity (Wildman–Crippen MR) is 104 cm³/mol. The van der Waals surface area contributed by atoms with Gasteiger partial charge < -0.3 is 4.74 Å². The molecule has 3 rings (SSSR count). The fourth-order valence-electron chi connectivity index (χ4n) is 2.94. The lowest BCUT2D eigenvalue weighted by atomic mass is 10.2. The molecule has 1 saturated heterocycles. The lowest BCUT2D eigenvalue weighted by Gasteiger charge is -2.18. The van der Waals surface area contributed by atoms with Crippen LogP contribution >= 0.6 is 0 Å². The summed E-state index contributed by atoms with van der Waals surface area (Å²) in [5.74, 6) is -1.55. The Morgan fingerprint density at radius 1 is 1.18 bits per heavy atom. The number of rotatable bonds is 6. The maximum absolute atomic E-state index is 12.8. The molecule has 2 aromatic rings. The summed E-state index contributed by atoms with van der Waals surface area (Å²) in [6, 6.07) is 12.8. The van der Waals surface area contributed by atoms with Gasteiger partial charge in [0.15, 0.2) is 0 Å². The first kappa shape index (κ1) is 20.3.